The lowest BCUT2D eigenvalue weighted by atomic mass is 9.93. The van der Waals surface area contributed by atoms with E-state index in [-0.39, 0.29) is 11.5 Å². The molecule has 0 spiro atoms. The van der Waals surface area contributed by atoms with E-state index in [2.05, 4.69) is 33.4 Å². The second-order valence-electron chi connectivity index (χ2n) is 6.90. The average Bonchev–Trinajstić information content (AvgIpc) is 3.17. The lowest BCUT2D eigenvalue weighted by molar-refractivity contribution is 0.0707. The Kier molecular flexibility index (Phi) is 4.96. The lowest BCUT2D eigenvalue weighted by Crippen LogP contribution is -2.38. The molecule has 0 radical (unpaired) electrons. The second kappa shape index (κ2) is 7.70. The average molecular weight is 364 g/mol. The highest BCUT2D eigenvalue weighted by Crippen LogP contribution is 2.28. The number of aromatic nitrogens is 3. The maximum absolute atomic E-state index is 13.8. The molecule has 138 valence electrons. The van der Waals surface area contributed by atoms with Crippen LogP contribution in [0.25, 0.3) is 0 Å². The Labute approximate surface area is 157 Å². The molecule has 1 fully saturated rings. The van der Waals surface area contributed by atoms with E-state index in [0.717, 1.165) is 36.8 Å². The van der Waals surface area contributed by atoms with Crippen molar-refractivity contribution in [3.63, 3.8) is 0 Å². The zero-order chi connectivity index (χ0) is 18.6. The van der Waals surface area contributed by atoms with Crippen molar-refractivity contribution in [3.05, 3.63) is 83.2 Å². The Bertz CT molecular complexity index is 917. The van der Waals surface area contributed by atoms with Gasteiger partial charge in [0.15, 0.2) is 5.82 Å². The van der Waals surface area contributed by atoms with Crippen molar-refractivity contribution in [3.8, 4) is 0 Å². The molecule has 0 aliphatic carbocycles. The number of amides is 1. The number of pyridine rings is 1. The van der Waals surface area contributed by atoms with Gasteiger partial charge in [-0.05, 0) is 30.5 Å². The van der Waals surface area contributed by atoms with Crippen molar-refractivity contribution >= 4 is 5.91 Å². The third kappa shape index (κ3) is 3.89. The number of nitrogens with zero attached hydrogens (tertiary/aromatic N) is 3. The van der Waals surface area contributed by atoms with Gasteiger partial charge in [-0.3, -0.25) is 14.9 Å². The lowest BCUT2D eigenvalue weighted by Gasteiger charge is -2.31. The maximum atomic E-state index is 13.8. The summed E-state index contributed by atoms with van der Waals surface area (Å²) in [5.74, 6) is -0.514. The molecule has 0 saturated carbocycles. The minimum absolute atomic E-state index is 0.0911. The van der Waals surface area contributed by atoms with E-state index in [0.29, 0.717) is 19.0 Å². The largest absolute Gasteiger partial charge is 0.339 e. The van der Waals surface area contributed by atoms with Gasteiger partial charge in [-0.2, -0.15) is 5.10 Å². The van der Waals surface area contributed by atoms with E-state index < -0.39 is 5.82 Å². The number of piperidine rings is 1. The van der Waals surface area contributed by atoms with Crippen LogP contribution in [0.15, 0.2) is 54.9 Å². The third-order valence-corrected chi connectivity index (χ3v) is 5.09. The van der Waals surface area contributed by atoms with Crippen molar-refractivity contribution < 1.29 is 9.18 Å². The molecule has 3 heterocycles. The molecule has 0 atom stereocenters. The molecular formula is C21H21FN4O. The van der Waals surface area contributed by atoms with Gasteiger partial charge in [-0.25, -0.2) is 4.39 Å². The van der Waals surface area contributed by atoms with Crippen LogP contribution in [0.2, 0.25) is 0 Å². The number of aromatic amines is 1. The first kappa shape index (κ1) is 17.4. The number of hydrogen-bond donors (Lipinski definition) is 1. The van der Waals surface area contributed by atoms with E-state index >= 15 is 0 Å². The molecule has 1 amide bonds. The molecule has 1 aliphatic rings. The van der Waals surface area contributed by atoms with Gasteiger partial charge < -0.3 is 4.90 Å². The SMILES string of the molecule is O=C(c1ccncc1F)N1CCC(c2cc(Cc3ccccc3)[nH]n2)CC1. The fourth-order valence-electron chi connectivity index (χ4n) is 3.59. The van der Waals surface area contributed by atoms with E-state index in [1.54, 1.807) is 4.90 Å². The summed E-state index contributed by atoms with van der Waals surface area (Å²) in [5.41, 5.74) is 3.47. The first-order valence-electron chi connectivity index (χ1n) is 9.17. The predicted molar refractivity (Wildman–Crippen MR) is 99.9 cm³/mol. The van der Waals surface area contributed by atoms with Crippen LogP contribution >= 0.6 is 0 Å². The van der Waals surface area contributed by atoms with Gasteiger partial charge in [0.2, 0.25) is 0 Å². The smallest absolute Gasteiger partial charge is 0.256 e. The molecule has 2 aromatic heterocycles. The van der Waals surface area contributed by atoms with Crippen LogP contribution in [0.4, 0.5) is 4.39 Å². The molecule has 27 heavy (non-hydrogen) atoms. The van der Waals surface area contributed by atoms with Crippen molar-refractivity contribution in [1.82, 2.24) is 20.1 Å². The standard InChI is InChI=1S/C21H21FN4O/c22-19-14-23-9-6-18(19)21(27)26-10-7-16(8-11-26)20-13-17(24-25-20)12-15-4-2-1-3-5-15/h1-6,9,13-14,16H,7-8,10-12H2,(H,24,25). The number of hydrogen-bond acceptors (Lipinski definition) is 3. The number of halogens is 1. The molecule has 5 nitrogen and oxygen atoms in total. The fraction of sp³-hybridized carbons (Fsp3) is 0.286. The highest BCUT2D eigenvalue weighted by molar-refractivity contribution is 5.94. The monoisotopic (exact) mass is 364 g/mol. The summed E-state index contributed by atoms with van der Waals surface area (Å²) in [6.07, 6.45) is 5.01. The fourth-order valence-corrected chi connectivity index (χ4v) is 3.59. The van der Waals surface area contributed by atoms with Crippen molar-refractivity contribution in [1.29, 1.82) is 0 Å². The van der Waals surface area contributed by atoms with Crippen LogP contribution in [0.3, 0.4) is 0 Å². The molecule has 4 rings (SSSR count). The molecule has 6 heteroatoms. The normalized spacial score (nSPS) is 15.1. The summed E-state index contributed by atoms with van der Waals surface area (Å²) in [4.78, 5) is 17.9. The van der Waals surface area contributed by atoms with Gasteiger partial charge in [-0.15, -0.1) is 0 Å². The maximum Gasteiger partial charge on any atom is 0.256 e. The van der Waals surface area contributed by atoms with E-state index in [9.17, 15) is 9.18 Å². The van der Waals surface area contributed by atoms with E-state index in [1.807, 2.05) is 18.2 Å². The van der Waals surface area contributed by atoms with Gasteiger partial charge in [0.1, 0.15) is 0 Å². The van der Waals surface area contributed by atoms with Crippen LogP contribution in [0.1, 0.15) is 46.1 Å². The number of carbonyl (C=O) groups is 1. The molecule has 3 aromatic rings. The van der Waals surface area contributed by atoms with Crippen molar-refractivity contribution in [2.75, 3.05) is 13.1 Å². The summed E-state index contributed by atoms with van der Waals surface area (Å²) in [6, 6.07) is 13.8. The number of nitrogens with one attached hydrogen (secondary N) is 1. The first-order chi connectivity index (χ1) is 13.2. The molecule has 0 unspecified atom stereocenters. The third-order valence-electron chi connectivity index (χ3n) is 5.09. The summed E-state index contributed by atoms with van der Waals surface area (Å²) < 4.78 is 13.8. The number of H-pyrrole nitrogens is 1. The molecule has 1 aliphatic heterocycles. The van der Waals surface area contributed by atoms with Gasteiger partial charge in [0, 0.05) is 37.3 Å². The summed E-state index contributed by atoms with van der Waals surface area (Å²) in [7, 11) is 0. The van der Waals surface area contributed by atoms with Crippen LogP contribution in [-0.4, -0.2) is 39.1 Å². The Balaban J connectivity index is 1.37. The summed E-state index contributed by atoms with van der Waals surface area (Å²) in [6.45, 7) is 1.21. The number of likely N-dealkylation sites (tertiary alicyclic amines) is 1. The minimum Gasteiger partial charge on any atom is -0.339 e. The van der Waals surface area contributed by atoms with Crippen LogP contribution in [0.5, 0.6) is 0 Å². The van der Waals surface area contributed by atoms with Crippen LogP contribution in [-0.2, 0) is 6.42 Å². The Morgan fingerprint density at radius 2 is 1.96 bits per heavy atom. The first-order valence-corrected chi connectivity index (χ1v) is 9.17. The molecular weight excluding hydrogens is 343 g/mol. The quantitative estimate of drug-likeness (QED) is 0.770. The highest BCUT2D eigenvalue weighted by atomic mass is 19.1. The van der Waals surface area contributed by atoms with Gasteiger partial charge in [0.25, 0.3) is 5.91 Å². The minimum atomic E-state index is -0.567. The second-order valence-corrected chi connectivity index (χ2v) is 6.90. The molecule has 0 bridgehead atoms. The topological polar surface area (TPSA) is 61.9 Å². The van der Waals surface area contributed by atoms with Crippen molar-refractivity contribution in [2.45, 2.75) is 25.2 Å². The van der Waals surface area contributed by atoms with Crippen molar-refractivity contribution in [2.24, 2.45) is 0 Å². The zero-order valence-electron chi connectivity index (χ0n) is 14.9. The summed E-state index contributed by atoms with van der Waals surface area (Å²) >= 11 is 0. The van der Waals surface area contributed by atoms with Crippen LogP contribution < -0.4 is 0 Å². The van der Waals surface area contributed by atoms with E-state index in [4.69, 9.17) is 0 Å². The van der Waals surface area contributed by atoms with Crippen LogP contribution in [0, 0.1) is 5.82 Å². The Hall–Kier alpha value is -3.02. The molecule has 1 saturated heterocycles. The Morgan fingerprint density at radius 3 is 2.70 bits per heavy atom. The Morgan fingerprint density at radius 1 is 1.19 bits per heavy atom. The zero-order valence-corrected chi connectivity index (χ0v) is 14.9. The molecule has 1 aromatic carbocycles. The number of carbonyl (C=O) groups excluding carboxylic acids is 1. The van der Waals surface area contributed by atoms with Gasteiger partial charge in [0.05, 0.1) is 17.5 Å². The van der Waals surface area contributed by atoms with E-state index in [1.165, 1.54) is 17.8 Å². The predicted octanol–water partition coefficient (Wildman–Crippen LogP) is 3.55. The summed E-state index contributed by atoms with van der Waals surface area (Å²) in [5, 5.41) is 7.61. The number of rotatable bonds is 4. The highest BCUT2D eigenvalue weighted by Gasteiger charge is 2.27. The van der Waals surface area contributed by atoms with Gasteiger partial charge >= 0.3 is 0 Å². The number of benzene rings is 1. The van der Waals surface area contributed by atoms with Gasteiger partial charge in [-0.1, -0.05) is 30.3 Å². The molecule has 1 N–H and O–H groups in total.